The van der Waals surface area contributed by atoms with Crippen LogP contribution in [-0.2, 0) is 9.53 Å². The van der Waals surface area contributed by atoms with Crippen molar-refractivity contribution < 1.29 is 19.4 Å². The minimum atomic E-state index is -0.871. The smallest absolute Gasteiger partial charge is 0.317 e. The van der Waals surface area contributed by atoms with Gasteiger partial charge in [-0.25, -0.2) is 4.79 Å². The first-order valence-corrected chi connectivity index (χ1v) is 6.35. The van der Waals surface area contributed by atoms with Crippen molar-refractivity contribution in [3.05, 3.63) is 0 Å². The Bertz CT molecular complexity index is 286. The number of carboxylic acids is 1. The Morgan fingerprint density at radius 3 is 2.67 bits per heavy atom. The minimum Gasteiger partial charge on any atom is -0.481 e. The lowest BCUT2D eigenvalue weighted by Crippen LogP contribution is -2.44. The second-order valence-corrected chi connectivity index (χ2v) is 4.83. The Kier molecular flexibility index (Phi) is 5.91. The van der Waals surface area contributed by atoms with Crippen molar-refractivity contribution in [3.8, 4) is 0 Å². The van der Waals surface area contributed by atoms with Gasteiger partial charge in [-0.15, -0.1) is 0 Å². The first-order chi connectivity index (χ1) is 8.52. The Morgan fingerprint density at radius 1 is 1.33 bits per heavy atom. The van der Waals surface area contributed by atoms with Gasteiger partial charge in [0.1, 0.15) is 0 Å². The SMILES string of the molecule is CC(C)C(CNC(=O)N1CCCOCC1)C(=O)O. The molecule has 0 bridgehead atoms. The molecular weight excluding hydrogens is 236 g/mol. The highest BCUT2D eigenvalue weighted by Gasteiger charge is 2.23. The molecule has 6 heteroatoms. The summed E-state index contributed by atoms with van der Waals surface area (Å²) in [5, 5.41) is 11.7. The average molecular weight is 258 g/mol. The van der Waals surface area contributed by atoms with Crippen LogP contribution in [0.25, 0.3) is 0 Å². The van der Waals surface area contributed by atoms with E-state index in [9.17, 15) is 9.59 Å². The molecule has 1 saturated heterocycles. The van der Waals surface area contributed by atoms with E-state index in [1.54, 1.807) is 4.90 Å². The molecule has 0 aliphatic carbocycles. The number of rotatable bonds is 4. The molecule has 0 radical (unpaired) electrons. The van der Waals surface area contributed by atoms with Crippen LogP contribution in [0.3, 0.4) is 0 Å². The molecule has 0 aromatic heterocycles. The van der Waals surface area contributed by atoms with Gasteiger partial charge in [0.05, 0.1) is 12.5 Å². The number of amides is 2. The molecule has 2 amide bonds. The van der Waals surface area contributed by atoms with Gasteiger partial charge in [0.2, 0.25) is 0 Å². The van der Waals surface area contributed by atoms with Crippen LogP contribution in [0.15, 0.2) is 0 Å². The zero-order valence-electron chi connectivity index (χ0n) is 11.0. The standard InChI is InChI=1S/C12H22N2O4/c1-9(2)10(11(15)16)8-13-12(17)14-4-3-6-18-7-5-14/h9-10H,3-8H2,1-2H3,(H,13,17)(H,15,16). The molecule has 1 aliphatic heterocycles. The number of nitrogens with zero attached hydrogens (tertiary/aromatic N) is 1. The molecule has 0 spiro atoms. The molecule has 0 aromatic rings. The third-order valence-corrected chi connectivity index (χ3v) is 3.10. The van der Waals surface area contributed by atoms with Crippen molar-refractivity contribution in [1.82, 2.24) is 10.2 Å². The normalized spacial score (nSPS) is 18.3. The van der Waals surface area contributed by atoms with Crippen molar-refractivity contribution in [3.63, 3.8) is 0 Å². The molecule has 1 heterocycles. The fourth-order valence-electron chi connectivity index (χ4n) is 1.87. The molecule has 1 aliphatic rings. The number of carboxylic acid groups (broad SMARTS) is 1. The number of nitrogens with one attached hydrogen (secondary N) is 1. The number of carbonyl (C=O) groups excluding carboxylic acids is 1. The van der Waals surface area contributed by atoms with E-state index in [1.165, 1.54) is 0 Å². The van der Waals surface area contributed by atoms with Gasteiger partial charge in [0, 0.05) is 26.2 Å². The predicted molar refractivity (Wildman–Crippen MR) is 66.4 cm³/mol. The summed E-state index contributed by atoms with van der Waals surface area (Å²) in [6.45, 7) is 6.28. The lowest BCUT2D eigenvalue weighted by Gasteiger charge is -2.22. The zero-order valence-corrected chi connectivity index (χ0v) is 11.0. The molecule has 18 heavy (non-hydrogen) atoms. The predicted octanol–water partition coefficient (Wildman–Crippen LogP) is 0.775. The first-order valence-electron chi connectivity index (χ1n) is 6.35. The summed E-state index contributed by atoms with van der Waals surface area (Å²) in [6.07, 6.45) is 0.819. The highest BCUT2D eigenvalue weighted by Crippen LogP contribution is 2.10. The third-order valence-electron chi connectivity index (χ3n) is 3.10. The van der Waals surface area contributed by atoms with Crippen LogP contribution in [0.4, 0.5) is 4.79 Å². The van der Waals surface area contributed by atoms with E-state index in [-0.39, 0.29) is 18.5 Å². The molecular formula is C12H22N2O4. The summed E-state index contributed by atoms with van der Waals surface area (Å²) < 4.78 is 5.26. The Labute approximate surface area is 107 Å². The van der Waals surface area contributed by atoms with E-state index in [4.69, 9.17) is 9.84 Å². The average Bonchev–Trinajstić information content (AvgIpc) is 2.56. The van der Waals surface area contributed by atoms with Gasteiger partial charge in [-0.1, -0.05) is 13.8 Å². The molecule has 6 nitrogen and oxygen atoms in total. The molecule has 1 fully saturated rings. The van der Waals surface area contributed by atoms with Crippen molar-refractivity contribution >= 4 is 12.0 Å². The van der Waals surface area contributed by atoms with Gasteiger partial charge < -0.3 is 20.1 Å². The van der Waals surface area contributed by atoms with Gasteiger partial charge in [-0.05, 0) is 12.3 Å². The van der Waals surface area contributed by atoms with E-state index < -0.39 is 11.9 Å². The second-order valence-electron chi connectivity index (χ2n) is 4.83. The highest BCUT2D eigenvalue weighted by atomic mass is 16.5. The summed E-state index contributed by atoms with van der Waals surface area (Å²) in [5.41, 5.74) is 0. The first kappa shape index (κ1) is 14.8. The van der Waals surface area contributed by atoms with Crippen molar-refractivity contribution in [1.29, 1.82) is 0 Å². The van der Waals surface area contributed by atoms with E-state index in [0.717, 1.165) is 6.42 Å². The summed E-state index contributed by atoms with van der Waals surface area (Å²) in [6, 6.07) is -0.201. The fourth-order valence-corrected chi connectivity index (χ4v) is 1.87. The number of hydrogen-bond donors (Lipinski definition) is 2. The van der Waals surface area contributed by atoms with Gasteiger partial charge in [-0.2, -0.15) is 0 Å². The van der Waals surface area contributed by atoms with E-state index in [0.29, 0.717) is 26.3 Å². The lowest BCUT2D eigenvalue weighted by atomic mass is 9.96. The van der Waals surface area contributed by atoms with Crippen LogP contribution >= 0.6 is 0 Å². The van der Waals surface area contributed by atoms with Crippen LogP contribution in [0.2, 0.25) is 0 Å². The van der Waals surface area contributed by atoms with Crippen LogP contribution in [-0.4, -0.2) is 54.9 Å². The maximum atomic E-state index is 11.9. The maximum Gasteiger partial charge on any atom is 0.317 e. The molecule has 1 rings (SSSR count). The Morgan fingerprint density at radius 2 is 2.06 bits per heavy atom. The molecule has 0 aromatic carbocycles. The largest absolute Gasteiger partial charge is 0.481 e. The topological polar surface area (TPSA) is 78.9 Å². The highest BCUT2D eigenvalue weighted by molar-refractivity contribution is 5.76. The number of hydrogen-bond acceptors (Lipinski definition) is 3. The number of carbonyl (C=O) groups is 2. The maximum absolute atomic E-state index is 11.9. The number of aliphatic carboxylic acids is 1. The van der Waals surface area contributed by atoms with Gasteiger partial charge in [0.25, 0.3) is 0 Å². The van der Waals surface area contributed by atoms with Crippen molar-refractivity contribution in [2.45, 2.75) is 20.3 Å². The Balaban J connectivity index is 2.41. The monoisotopic (exact) mass is 258 g/mol. The minimum absolute atomic E-state index is 0.00438. The summed E-state index contributed by atoms with van der Waals surface area (Å²) >= 11 is 0. The second kappa shape index (κ2) is 7.20. The Hall–Kier alpha value is -1.30. The van der Waals surface area contributed by atoms with Crippen LogP contribution in [0, 0.1) is 11.8 Å². The molecule has 2 N–H and O–H groups in total. The molecule has 1 unspecified atom stereocenters. The van der Waals surface area contributed by atoms with Crippen LogP contribution in [0.1, 0.15) is 20.3 Å². The zero-order chi connectivity index (χ0) is 13.5. The molecule has 104 valence electrons. The molecule has 0 saturated carbocycles. The lowest BCUT2D eigenvalue weighted by molar-refractivity contribution is -0.142. The number of urea groups is 1. The van der Waals surface area contributed by atoms with Crippen LogP contribution in [0.5, 0.6) is 0 Å². The number of ether oxygens (including phenoxy) is 1. The van der Waals surface area contributed by atoms with Crippen molar-refractivity contribution in [2.75, 3.05) is 32.8 Å². The molecule has 1 atom stereocenters. The third kappa shape index (κ3) is 4.52. The van der Waals surface area contributed by atoms with E-state index >= 15 is 0 Å². The van der Waals surface area contributed by atoms with Gasteiger partial charge in [-0.3, -0.25) is 4.79 Å². The quantitative estimate of drug-likeness (QED) is 0.781. The van der Waals surface area contributed by atoms with Gasteiger partial charge in [0.15, 0.2) is 0 Å². The fraction of sp³-hybridized carbons (Fsp3) is 0.833. The summed E-state index contributed by atoms with van der Waals surface area (Å²) in [7, 11) is 0. The van der Waals surface area contributed by atoms with Crippen LogP contribution < -0.4 is 5.32 Å². The van der Waals surface area contributed by atoms with Gasteiger partial charge >= 0.3 is 12.0 Å². The van der Waals surface area contributed by atoms with E-state index in [1.807, 2.05) is 13.8 Å². The summed E-state index contributed by atoms with van der Waals surface area (Å²) in [4.78, 5) is 24.5. The van der Waals surface area contributed by atoms with Crippen molar-refractivity contribution in [2.24, 2.45) is 11.8 Å². The van der Waals surface area contributed by atoms with E-state index in [2.05, 4.69) is 5.32 Å². The summed E-state index contributed by atoms with van der Waals surface area (Å²) in [5.74, 6) is -1.42.